The van der Waals surface area contributed by atoms with Gasteiger partial charge in [0.15, 0.2) is 0 Å². The third-order valence-electron chi connectivity index (χ3n) is 12.3. The second-order valence-corrected chi connectivity index (χ2v) is 19.7. The summed E-state index contributed by atoms with van der Waals surface area (Å²) in [4.78, 5) is 128. The average Bonchev–Trinajstić information content (AvgIpc) is 4.13. The number of fused-ring (bicyclic) bond motifs is 1. The number of primary amides is 1. The number of carbonyl (C=O) groups excluding carboxylic acids is 9. The second-order valence-electron chi connectivity index (χ2n) is 18.5. The van der Waals surface area contributed by atoms with Gasteiger partial charge in [0.25, 0.3) is 0 Å². The molecule has 2 aromatic heterocycles. The lowest BCUT2D eigenvalue weighted by molar-refractivity contribution is -0.148. The molecule has 4 heterocycles. The highest BCUT2D eigenvalue weighted by Gasteiger charge is 2.43. The maximum Gasteiger partial charge on any atom is 0.247 e. The molecule has 2 aliphatic rings. The van der Waals surface area contributed by atoms with E-state index < -0.39 is 67.0 Å². The molecule has 4 atom stereocenters. The quantitative estimate of drug-likeness (QED) is 0.0598. The number of aryl methyl sites for hydroxylation is 2. The van der Waals surface area contributed by atoms with Crippen LogP contribution in [0.3, 0.4) is 0 Å². The van der Waals surface area contributed by atoms with Crippen LogP contribution in [0.25, 0.3) is 0 Å². The Labute approximate surface area is 425 Å². The Morgan fingerprint density at radius 3 is 1.56 bits per heavy atom. The van der Waals surface area contributed by atoms with Crippen molar-refractivity contribution in [1.29, 1.82) is 0 Å². The van der Waals surface area contributed by atoms with Crippen LogP contribution in [-0.2, 0) is 70.3 Å². The van der Waals surface area contributed by atoms with Crippen LogP contribution in [0, 0.1) is 5.92 Å². The van der Waals surface area contributed by atoms with Gasteiger partial charge in [0.2, 0.25) is 53.2 Å². The van der Waals surface area contributed by atoms with Gasteiger partial charge in [-0.2, -0.15) is 11.8 Å². The Balaban J connectivity index is 1.40. The third kappa shape index (κ3) is 18.1. The van der Waals surface area contributed by atoms with Crippen molar-refractivity contribution in [2.45, 2.75) is 116 Å². The van der Waals surface area contributed by atoms with E-state index in [4.69, 9.17) is 11.5 Å². The minimum absolute atomic E-state index is 0.0624. The molecule has 9 amide bonds. The highest BCUT2D eigenvalue weighted by molar-refractivity contribution is 8.00. The van der Waals surface area contributed by atoms with Crippen molar-refractivity contribution in [3.8, 4) is 0 Å². The molecule has 0 aliphatic carbocycles. The first-order valence-corrected chi connectivity index (χ1v) is 26.0. The molecular weight excluding hydrogens is 953 g/mol. The van der Waals surface area contributed by atoms with Crippen LogP contribution >= 0.6 is 11.8 Å². The summed E-state index contributed by atoms with van der Waals surface area (Å²) in [5.41, 5.74) is 12.3. The maximum atomic E-state index is 14.2. The van der Waals surface area contributed by atoms with Crippen LogP contribution in [-0.4, -0.2) is 208 Å². The number of hydrogen-bond acceptors (Lipinski definition) is 15. The normalized spacial score (nSPS) is 16.3. The molecule has 2 aliphatic heterocycles. The molecule has 2 aromatic rings. The Morgan fingerprint density at radius 2 is 1.14 bits per heavy atom. The summed E-state index contributed by atoms with van der Waals surface area (Å²) in [6, 6.07) is -0.943. The van der Waals surface area contributed by atoms with Gasteiger partial charge in [-0.15, -0.1) is 10.2 Å². The maximum absolute atomic E-state index is 14.2. The molecule has 0 saturated carbocycles. The van der Waals surface area contributed by atoms with E-state index in [1.54, 1.807) is 26.5 Å². The first-order valence-electron chi connectivity index (χ1n) is 25.0. The van der Waals surface area contributed by atoms with E-state index in [1.807, 2.05) is 39.5 Å². The summed E-state index contributed by atoms with van der Waals surface area (Å²) in [5.74, 6) is -3.09. The van der Waals surface area contributed by atoms with Gasteiger partial charge >= 0.3 is 0 Å². The van der Waals surface area contributed by atoms with Crippen LogP contribution < -0.4 is 22.1 Å². The van der Waals surface area contributed by atoms with Gasteiger partial charge in [-0.25, -0.2) is 0 Å². The fourth-order valence-electron chi connectivity index (χ4n) is 8.80. The molecule has 4 rings (SSSR count). The van der Waals surface area contributed by atoms with Gasteiger partial charge in [0, 0.05) is 95.0 Å². The van der Waals surface area contributed by atoms with Crippen molar-refractivity contribution >= 4 is 64.9 Å². The first kappa shape index (κ1) is 58.4. The van der Waals surface area contributed by atoms with E-state index >= 15 is 0 Å². The van der Waals surface area contributed by atoms with Crippen LogP contribution in [0.1, 0.15) is 96.9 Å². The number of nitrogens with two attached hydrogens (primary N) is 2. The SMILES string of the molecule is CCCN(CC(=O)N(CCC)CC(=O)N(CC(N)=O)Cc1cn(C)nn1)C(=O)CN(CCC)C(=O)CN(CCC)C(=O)CN(Cc1cn(C)nn1)C(=O)C(CN)NC(=O)CCCC[C@@H]1SC[C@@H]2NC(=O)C[C@@H]21. The number of amides is 9. The van der Waals surface area contributed by atoms with Crippen molar-refractivity contribution in [1.82, 2.24) is 70.0 Å². The fraction of sp³-hybridized carbons (Fsp3) is 0.717. The molecule has 72 heavy (non-hydrogen) atoms. The van der Waals surface area contributed by atoms with E-state index in [0.29, 0.717) is 61.1 Å². The molecule has 1 unspecified atom stereocenters. The molecule has 0 aromatic carbocycles. The topological polar surface area (TPSA) is 311 Å². The molecule has 6 N–H and O–H groups in total. The van der Waals surface area contributed by atoms with Gasteiger partial charge in [0.1, 0.15) is 24.0 Å². The highest BCUT2D eigenvalue weighted by atomic mass is 32.2. The predicted molar refractivity (Wildman–Crippen MR) is 265 cm³/mol. The van der Waals surface area contributed by atoms with Gasteiger partial charge < -0.3 is 51.5 Å². The van der Waals surface area contributed by atoms with Crippen molar-refractivity contribution in [3.05, 3.63) is 23.8 Å². The molecule has 26 heteroatoms. The zero-order valence-electron chi connectivity index (χ0n) is 42.8. The lowest BCUT2D eigenvalue weighted by atomic mass is 9.94. The number of unbranched alkanes of at least 4 members (excludes halogenated alkanes) is 1. The number of aromatic nitrogens is 6. The van der Waals surface area contributed by atoms with E-state index in [9.17, 15) is 43.2 Å². The number of nitrogens with one attached hydrogen (secondary N) is 2. The molecule has 25 nitrogen and oxygen atoms in total. The number of nitrogens with zero attached hydrogens (tertiary/aromatic N) is 12. The number of hydrogen-bond donors (Lipinski definition) is 4. The molecule has 400 valence electrons. The minimum atomic E-state index is -1.16. The second kappa shape index (κ2) is 29.4. The van der Waals surface area contributed by atoms with Gasteiger partial charge in [-0.05, 0) is 38.5 Å². The van der Waals surface area contributed by atoms with Gasteiger partial charge in [-0.1, -0.05) is 44.5 Å². The van der Waals surface area contributed by atoms with E-state index in [-0.39, 0.29) is 89.7 Å². The fourth-order valence-corrected chi connectivity index (χ4v) is 10.4. The van der Waals surface area contributed by atoms with Crippen LogP contribution in [0.4, 0.5) is 0 Å². The van der Waals surface area contributed by atoms with Gasteiger partial charge in [0.05, 0.1) is 45.8 Å². The number of thioether (sulfide) groups is 1. The highest BCUT2D eigenvalue weighted by Crippen LogP contribution is 2.40. The van der Waals surface area contributed by atoms with Crippen LogP contribution in [0.5, 0.6) is 0 Å². The van der Waals surface area contributed by atoms with E-state index in [0.717, 1.165) is 18.6 Å². The minimum Gasteiger partial charge on any atom is -0.368 e. The molecule has 0 radical (unpaired) electrons. The molecule has 2 saturated heterocycles. The van der Waals surface area contributed by atoms with Crippen LogP contribution in [0.2, 0.25) is 0 Å². The lowest BCUT2D eigenvalue weighted by Gasteiger charge is -2.32. The van der Waals surface area contributed by atoms with E-state index in [1.165, 1.54) is 38.8 Å². The predicted octanol–water partition coefficient (Wildman–Crippen LogP) is -1.64. The Morgan fingerprint density at radius 1 is 0.694 bits per heavy atom. The molecule has 0 bridgehead atoms. The average molecular weight is 1030 g/mol. The Hall–Kier alpha value is -6.18. The van der Waals surface area contributed by atoms with Crippen molar-refractivity contribution in [3.63, 3.8) is 0 Å². The summed E-state index contributed by atoms with van der Waals surface area (Å²) >= 11 is 1.85. The standard InChI is InChI=1S/C46H76N16O9S/c1-7-15-57(26-41(66)58(16-8-2)27-43(68)60(18-10-4)29-45(70)61(25-38(48)63)23-32-21-55(5)53-51-32)42(67)28-59(17-9-3)44(69)30-62(24-33-22-56(6)54-52-33)46(71)35(20-47)49-39(64)14-12-11-13-37-34-19-40(65)50-36(34)31-72-37/h21-22,34-37H,7-20,23-31,47H2,1-6H3,(H2,48,63)(H,49,64)(H,50,65)/t34-,35?,36-,37-/m0/s1. The summed E-state index contributed by atoms with van der Waals surface area (Å²) in [5, 5.41) is 22.0. The third-order valence-corrected chi connectivity index (χ3v) is 13.9. The summed E-state index contributed by atoms with van der Waals surface area (Å²) in [6.07, 6.45) is 8.03. The van der Waals surface area contributed by atoms with Crippen molar-refractivity contribution in [2.75, 3.05) is 77.7 Å². The summed E-state index contributed by atoms with van der Waals surface area (Å²) in [7, 11) is 3.31. The van der Waals surface area contributed by atoms with E-state index in [2.05, 4.69) is 31.3 Å². The zero-order valence-corrected chi connectivity index (χ0v) is 43.6. The number of rotatable bonds is 32. The summed E-state index contributed by atoms with van der Waals surface area (Å²) in [6.45, 7) is 5.11. The van der Waals surface area contributed by atoms with Crippen LogP contribution in [0.15, 0.2) is 12.4 Å². The zero-order chi connectivity index (χ0) is 52.9. The lowest BCUT2D eigenvalue weighted by Crippen LogP contribution is -2.55. The Kier molecular flexibility index (Phi) is 23.8. The molecule has 2 fully saturated rings. The van der Waals surface area contributed by atoms with Crippen molar-refractivity contribution in [2.24, 2.45) is 31.5 Å². The summed E-state index contributed by atoms with van der Waals surface area (Å²) < 4.78 is 2.90. The number of carbonyl (C=O) groups is 9. The monoisotopic (exact) mass is 1030 g/mol. The molecular formula is C46H76N16O9S. The first-order chi connectivity index (χ1) is 34.4. The smallest absolute Gasteiger partial charge is 0.247 e. The van der Waals surface area contributed by atoms with Gasteiger partial charge in [-0.3, -0.25) is 52.5 Å². The molecule has 0 spiro atoms. The largest absolute Gasteiger partial charge is 0.368 e. The Bertz CT molecular complexity index is 2170. The van der Waals surface area contributed by atoms with Crippen molar-refractivity contribution < 1.29 is 43.2 Å².